The van der Waals surface area contributed by atoms with Crippen molar-refractivity contribution in [1.82, 2.24) is 36.0 Å². The van der Waals surface area contributed by atoms with Crippen LogP contribution in [0.15, 0.2) is 78.9 Å². The summed E-state index contributed by atoms with van der Waals surface area (Å²) < 4.78 is 49.4. The van der Waals surface area contributed by atoms with Gasteiger partial charge in [0.1, 0.15) is 46.7 Å². The average Bonchev–Trinajstić information content (AvgIpc) is 4.00. The van der Waals surface area contributed by atoms with Crippen molar-refractivity contribution in [2.75, 3.05) is 75.5 Å². The zero-order chi connectivity index (χ0) is 55.3. The third-order valence-electron chi connectivity index (χ3n) is 15.8. The van der Waals surface area contributed by atoms with Gasteiger partial charge in [-0.15, -0.1) is 0 Å². The molecule has 4 heterocycles. The number of halogens is 3. The minimum atomic E-state index is -1.49. The Kier molecular flexibility index (Phi) is 17.8. The van der Waals surface area contributed by atoms with E-state index < -0.39 is 83.0 Å². The van der Waals surface area contributed by atoms with Crippen molar-refractivity contribution in [2.45, 2.75) is 109 Å². The lowest BCUT2D eigenvalue weighted by Gasteiger charge is -2.44. The second-order valence-corrected chi connectivity index (χ2v) is 21.2. The van der Waals surface area contributed by atoms with E-state index in [-0.39, 0.29) is 60.0 Å². The van der Waals surface area contributed by atoms with E-state index in [2.05, 4.69) is 60.9 Å². The van der Waals surface area contributed by atoms with Crippen LogP contribution in [0, 0.1) is 23.4 Å². The summed E-state index contributed by atoms with van der Waals surface area (Å²) in [4.78, 5) is 91.4. The summed E-state index contributed by atoms with van der Waals surface area (Å²) in [6.07, 6.45) is 0.955. The number of nitrogens with one attached hydrogen (secondary N) is 7. The number of fused-ring (bicyclic) bond motifs is 2. The fourth-order valence-electron chi connectivity index (χ4n) is 10.9. The summed E-state index contributed by atoms with van der Waals surface area (Å²) in [5.41, 5.74) is 1.65. The number of carbonyl (C=O) groups is 6. The number of rotatable bonds is 19. The quantitative estimate of drug-likeness (QED) is 0.0688. The molecule has 0 saturated carbocycles. The lowest BCUT2D eigenvalue weighted by atomic mass is 9.75. The van der Waals surface area contributed by atoms with Crippen LogP contribution in [-0.2, 0) is 51.9 Å². The molecule has 4 aliphatic rings. The van der Waals surface area contributed by atoms with Gasteiger partial charge in [-0.1, -0.05) is 56.7 Å². The molecule has 2 unspecified atom stereocenters. The summed E-state index contributed by atoms with van der Waals surface area (Å²) in [7, 11) is 1.60. The standard InChI is InChI=1S/C57H71F3N10O7/c1-8-32(2)49(66-53(73)35(5)61-7)55(75)70-28-38-15-18-40(24-42(38)51(70)54(74)67-50-44(59)10-9-11-45(50)60)64-48(72)26-63-56(76)57(6)43-19-14-37(22-36-12-16-39(58)17-13-36)23-46(43)65-52(57)47(71)30-69-27-33(3)62-25-41(69)29-68-20-21-77-31-34(68)4/h9-19,23-24,32-35,41,49,51-52,61-62,65H,8,20-22,25-31H2,1-7H3,(H,63,76)(H,64,72)(H,66,73)(H,67,74)/t32-,33+,34+,35-,41+,49-,51-,52?,57?/m0/s1. The molecule has 412 valence electrons. The van der Waals surface area contributed by atoms with Crippen molar-refractivity contribution in [3.8, 4) is 0 Å². The van der Waals surface area contributed by atoms with Crippen LogP contribution < -0.4 is 37.2 Å². The maximum atomic E-state index is 15.0. The number of anilines is 3. The minimum absolute atomic E-state index is 0.00876. The Morgan fingerprint density at radius 2 is 1.62 bits per heavy atom. The van der Waals surface area contributed by atoms with Crippen LogP contribution in [0.5, 0.6) is 0 Å². The zero-order valence-corrected chi connectivity index (χ0v) is 44.7. The van der Waals surface area contributed by atoms with Gasteiger partial charge in [-0.3, -0.25) is 38.6 Å². The molecule has 0 aliphatic carbocycles. The number of hydrogen-bond donors (Lipinski definition) is 7. The molecular formula is C57H71F3N10O7. The molecule has 2 fully saturated rings. The molecule has 0 bridgehead atoms. The maximum absolute atomic E-state index is 15.0. The predicted octanol–water partition coefficient (Wildman–Crippen LogP) is 4.61. The number of hydrogen-bond acceptors (Lipinski definition) is 12. The number of ketones is 1. The number of ether oxygens (including phenoxy) is 1. The lowest BCUT2D eigenvalue weighted by Crippen LogP contribution is -2.63. The van der Waals surface area contributed by atoms with Crippen LogP contribution in [0.25, 0.3) is 0 Å². The Morgan fingerprint density at radius 1 is 0.896 bits per heavy atom. The molecule has 20 heteroatoms. The molecule has 0 aromatic heterocycles. The summed E-state index contributed by atoms with van der Waals surface area (Å²) in [6, 6.07) is 15.7. The molecule has 4 aromatic carbocycles. The number of benzene rings is 4. The number of carbonyl (C=O) groups excluding carboxylic acids is 6. The third kappa shape index (κ3) is 12.5. The number of likely N-dealkylation sites (N-methyl/N-ethyl adjacent to an activating group) is 1. The van der Waals surface area contributed by atoms with Gasteiger partial charge >= 0.3 is 0 Å². The topological polar surface area (TPSA) is 206 Å². The molecule has 4 aromatic rings. The van der Waals surface area contributed by atoms with E-state index in [0.29, 0.717) is 56.0 Å². The Labute approximate surface area is 447 Å². The highest BCUT2D eigenvalue weighted by Crippen LogP contribution is 2.43. The SMILES string of the molecule is CC[C@H](C)[C@H](NC(=O)[C@H](C)NC)C(=O)N1Cc2ccc(NC(=O)CNC(=O)C3(C)c4ccc(Cc5ccc(F)cc5)cc4NC3C(=O)CN3C[C@@H](C)NC[C@@H]3CN3CCOC[C@H]3C)cc2[C@H]1C(=O)Nc1c(F)cccc1F. The normalized spacial score (nSPS) is 23.4. The monoisotopic (exact) mass is 1060 g/mol. The van der Waals surface area contributed by atoms with Crippen molar-refractivity contribution in [3.63, 3.8) is 0 Å². The summed E-state index contributed by atoms with van der Waals surface area (Å²) in [6.45, 7) is 14.7. The van der Waals surface area contributed by atoms with Gasteiger partial charge < -0.3 is 46.9 Å². The largest absolute Gasteiger partial charge is 0.379 e. The Morgan fingerprint density at radius 3 is 2.32 bits per heavy atom. The van der Waals surface area contributed by atoms with Crippen LogP contribution in [0.1, 0.15) is 81.8 Å². The average molecular weight is 1070 g/mol. The van der Waals surface area contributed by atoms with Crippen LogP contribution in [0.2, 0.25) is 0 Å². The number of Topliss-reactive ketones (excluding diaryl/α,β-unsaturated/α-hetero) is 1. The van der Waals surface area contributed by atoms with Crippen LogP contribution in [0.3, 0.4) is 0 Å². The summed E-state index contributed by atoms with van der Waals surface area (Å²) in [5.74, 6) is -6.22. The summed E-state index contributed by atoms with van der Waals surface area (Å²) >= 11 is 0. The number of amides is 5. The summed E-state index contributed by atoms with van der Waals surface area (Å²) in [5, 5.41) is 20.6. The maximum Gasteiger partial charge on any atom is 0.252 e. The molecule has 7 N–H and O–H groups in total. The van der Waals surface area contributed by atoms with Gasteiger partial charge in [0.2, 0.25) is 23.6 Å². The fourth-order valence-corrected chi connectivity index (χ4v) is 10.9. The van der Waals surface area contributed by atoms with Crippen molar-refractivity contribution < 1.29 is 46.7 Å². The molecular weight excluding hydrogens is 994 g/mol. The first kappa shape index (κ1) is 56.5. The van der Waals surface area contributed by atoms with Crippen LogP contribution >= 0.6 is 0 Å². The number of para-hydroxylation sites is 1. The smallest absolute Gasteiger partial charge is 0.252 e. The Balaban J connectivity index is 1.03. The second kappa shape index (κ2) is 24.3. The van der Waals surface area contributed by atoms with Crippen molar-refractivity contribution in [3.05, 3.63) is 124 Å². The van der Waals surface area contributed by atoms with E-state index in [1.165, 1.54) is 23.1 Å². The van der Waals surface area contributed by atoms with Gasteiger partial charge in [0.05, 0.1) is 32.3 Å². The van der Waals surface area contributed by atoms with Gasteiger partial charge in [0.25, 0.3) is 5.91 Å². The first-order valence-corrected chi connectivity index (χ1v) is 26.5. The highest BCUT2D eigenvalue weighted by Gasteiger charge is 2.53. The fraction of sp³-hybridized carbons (Fsp3) is 0.474. The lowest BCUT2D eigenvalue weighted by molar-refractivity contribution is -0.143. The van der Waals surface area contributed by atoms with Crippen LogP contribution in [-0.4, -0.2) is 146 Å². The molecule has 9 atom stereocenters. The molecule has 17 nitrogen and oxygen atoms in total. The van der Waals surface area contributed by atoms with Crippen molar-refractivity contribution >= 4 is 52.4 Å². The molecule has 0 radical (unpaired) electrons. The molecule has 4 aliphatic heterocycles. The molecule has 8 rings (SSSR count). The van der Waals surface area contributed by atoms with E-state index in [0.717, 1.165) is 42.4 Å². The molecule has 0 spiro atoms. The first-order chi connectivity index (χ1) is 36.8. The first-order valence-electron chi connectivity index (χ1n) is 26.5. The molecule has 5 amide bonds. The number of piperazine rings is 1. The van der Waals surface area contributed by atoms with E-state index in [1.54, 1.807) is 52.1 Å². The van der Waals surface area contributed by atoms with E-state index in [4.69, 9.17) is 4.74 Å². The van der Waals surface area contributed by atoms with Gasteiger partial charge in [-0.25, -0.2) is 13.2 Å². The van der Waals surface area contributed by atoms with E-state index in [9.17, 15) is 41.9 Å². The van der Waals surface area contributed by atoms with Gasteiger partial charge in [-0.05, 0) is 117 Å². The predicted molar refractivity (Wildman–Crippen MR) is 286 cm³/mol. The number of morpholine rings is 1. The van der Waals surface area contributed by atoms with Gasteiger partial charge in [-0.2, -0.15) is 0 Å². The third-order valence-corrected chi connectivity index (χ3v) is 15.8. The van der Waals surface area contributed by atoms with E-state index in [1.807, 2.05) is 25.1 Å². The van der Waals surface area contributed by atoms with Gasteiger partial charge in [0.15, 0.2) is 5.78 Å². The van der Waals surface area contributed by atoms with Crippen molar-refractivity contribution in [1.29, 1.82) is 0 Å². The second-order valence-electron chi connectivity index (χ2n) is 21.2. The molecule has 2 saturated heterocycles. The Hall–Kier alpha value is -6.71. The molecule has 77 heavy (non-hydrogen) atoms. The highest BCUT2D eigenvalue weighted by molar-refractivity contribution is 6.05. The minimum Gasteiger partial charge on any atom is -0.379 e. The number of nitrogens with zero attached hydrogens (tertiary/aromatic N) is 3. The zero-order valence-electron chi connectivity index (χ0n) is 44.7. The van der Waals surface area contributed by atoms with E-state index >= 15 is 0 Å². The Bertz CT molecular complexity index is 2840. The highest BCUT2D eigenvalue weighted by atomic mass is 19.1. The van der Waals surface area contributed by atoms with Crippen LogP contribution in [0.4, 0.5) is 30.2 Å². The van der Waals surface area contributed by atoms with Crippen molar-refractivity contribution in [2.24, 2.45) is 5.92 Å². The van der Waals surface area contributed by atoms with Gasteiger partial charge in [0, 0.05) is 62.2 Å².